The predicted molar refractivity (Wildman–Crippen MR) is 157 cm³/mol. The maximum atomic E-state index is 13.8. The van der Waals surface area contributed by atoms with Crippen LogP contribution in [0.25, 0.3) is 5.69 Å². The number of rotatable bonds is 10. The van der Waals surface area contributed by atoms with E-state index in [9.17, 15) is 9.59 Å². The Kier molecular flexibility index (Phi) is 8.92. The second-order valence-corrected chi connectivity index (χ2v) is 9.63. The Morgan fingerprint density at radius 2 is 1.78 bits per heavy atom. The third-order valence-corrected chi connectivity index (χ3v) is 6.69. The maximum absolute atomic E-state index is 13.8. The van der Waals surface area contributed by atoms with E-state index < -0.39 is 5.56 Å². The summed E-state index contributed by atoms with van der Waals surface area (Å²) < 4.78 is 18.0. The Morgan fingerprint density at radius 1 is 1.00 bits per heavy atom. The van der Waals surface area contributed by atoms with Crippen LogP contribution in [0, 0.1) is 6.92 Å². The SMILES string of the molecule is COc1ccc(-n2ncc(Oc3cccc(C)c3)c(Nc3cccc(C(=O)NCCN4CCOCC4)c3)c2=O)cc1. The predicted octanol–water partition coefficient (Wildman–Crippen LogP) is 4.15. The van der Waals surface area contributed by atoms with Crippen molar-refractivity contribution in [3.63, 3.8) is 0 Å². The van der Waals surface area contributed by atoms with E-state index >= 15 is 0 Å². The fourth-order valence-electron chi connectivity index (χ4n) is 4.48. The fraction of sp³-hybridized carbons (Fsp3) is 0.258. The van der Waals surface area contributed by atoms with E-state index in [1.165, 1.54) is 10.9 Å². The highest BCUT2D eigenvalue weighted by atomic mass is 16.5. The zero-order valence-corrected chi connectivity index (χ0v) is 23.1. The molecular weight excluding hydrogens is 522 g/mol. The van der Waals surface area contributed by atoms with E-state index in [-0.39, 0.29) is 17.3 Å². The van der Waals surface area contributed by atoms with Gasteiger partial charge in [-0.2, -0.15) is 9.78 Å². The number of aromatic nitrogens is 2. The van der Waals surface area contributed by atoms with Gasteiger partial charge in [0.15, 0.2) is 11.4 Å². The van der Waals surface area contributed by atoms with Crippen LogP contribution >= 0.6 is 0 Å². The molecule has 212 valence electrons. The molecule has 1 fully saturated rings. The van der Waals surface area contributed by atoms with E-state index in [0.717, 1.165) is 25.2 Å². The van der Waals surface area contributed by atoms with Crippen molar-refractivity contribution < 1.29 is 19.0 Å². The summed E-state index contributed by atoms with van der Waals surface area (Å²) in [7, 11) is 1.58. The molecule has 4 aromatic rings. The van der Waals surface area contributed by atoms with E-state index in [1.807, 2.05) is 31.2 Å². The third-order valence-electron chi connectivity index (χ3n) is 6.69. The van der Waals surface area contributed by atoms with Crippen LogP contribution in [0.4, 0.5) is 11.4 Å². The standard InChI is InChI=1S/C31H33N5O5/c1-22-5-3-8-27(19-22)41-28-21-33-36(25-9-11-26(39-2)12-10-25)31(38)29(28)34-24-7-4-6-23(20-24)30(37)32-13-14-35-15-17-40-18-16-35/h3-12,19-21,34H,13-18H2,1-2H3,(H,32,37). The molecule has 41 heavy (non-hydrogen) atoms. The number of carbonyl (C=O) groups excluding carboxylic acids is 1. The molecule has 0 saturated carbocycles. The summed E-state index contributed by atoms with van der Waals surface area (Å²) >= 11 is 0. The number of hydrogen-bond acceptors (Lipinski definition) is 8. The van der Waals surface area contributed by atoms with Crippen molar-refractivity contribution in [3.8, 4) is 22.9 Å². The number of methoxy groups -OCH3 is 1. The highest BCUT2D eigenvalue weighted by Crippen LogP contribution is 2.29. The molecule has 1 saturated heterocycles. The van der Waals surface area contributed by atoms with Crippen molar-refractivity contribution in [2.45, 2.75) is 6.92 Å². The summed E-state index contributed by atoms with van der Waals surface area (Å²) in [6.45, 7) is 6.41. The first-order chi connectivity index (χ1) is 20.0. The molecule has 1 aromatic heterocycles. The van der Waals surface area contributed by atoms with Crippen molar-refractivity contribution in [1.29, 1.82) is 0 Å². The zero-order chi connectivity index (χ0) is 28.6. The van der Waals surface area contributed by atoms with Gasteiger partial charge in [0.25, 0.3) is 11.5 Å². The summed E-state index contributed by atoms with van der Waals surface area (Å²) in [6.07, 6.45) is 1.50. The van der Waals surface area contributed by atoms with Gasteiger partial charge < -0.3 is 24.8 Å². The third kappa shape index (κ3) is 7.10. The molecule has 10 nitrogen and oxygen atoms in total. The lowest BCUT2D eigenvalue weighted by Gasteiger charge is -2.26. The van der Waals surface area contributed by atoms with Gasteiger partial charge >= 0.3 is 0 Å². The number of carbonyl (C=O) groups is 1. The van der Waals surface area contributed by atoms with Crippen LogP contribution in [0.3, 0.4) is 0 Å². The van der Waals surface area contributed by atoms with Crippen LogP contribution in [-0.4, -0.2) is 67.1 Å². The molecule has 0 atom stereocenters. The number of benzene rings is 3. The molecule has 0 aliphatic carbocycles. The van der Waals surface area contributed by atoms with Crippen LogP contribution < -0.4 is 25.7 Å². The van der Waals surface area contributed by atoms with Crippen molar-refractivity contribution in [2.75, 3.05) is 51.8 Å². The second kappa shape index (κ2) is 13.1. The van der Waals surface area contributed by atoms with Crippen LogP contribution in [0.15, 0.2) is 83.8 Å². The van der Waals surface area contributed by atoms with Crippen molar-refractivity contribution in [2.24, 2.45) is 0 Å². The van der Waals surface area contributed by atoms with E-state index in [1.54, 1.807) is 55.6 Å². The largest absolute Gasteiger partial charge is 0.497 e. The minimum Gasteiger partial charge on any atom is -0.497 e. The maximum Gasteiger partial charge on any atom is 0.299 e. The molecule has 3 aromatic carbocycles. The van der Waals surface area contributed by atoms with E-state index in [0.29, 0.717) is 48.2 Å². The second-order valence-electron chi connectivity index (χ2n) is 9.63. The van der Waals surface area contributed by atoms with Crippen molar-refractivity contribution >= 4 is 17.3 Å². The van der Waals surface area contributed by atoms with Crippen molar-refractivity contribution in [3.05, 3.63) is 100 Å². The lowest BCUT2D eigenvalue weighted by atomic mass is 10.2. The summed E-state index contributed by atoms with van der Waals surface area (Å²) in [5.41, 5.74) is 2.38. The van der Waals surface area contributed by atoms with Gasteiger partial charge in [-0.15, -0.1) is 0 Å². The van der Waals surface area contributed by atoms with Gasteiger partial charge in [-0.3, -0.25) is 14.5 Å². The molecule has 2 heterocycles. The Bertz CT molecular complexity index is 1550. The van der Waals surface area contributed by atoms with Gasteiger partial charge in [-0.05, 0) is 67.1 Å². The smallest absolute Gasteiger partial charge is 0.299 e. The van der Waals surface area contributed by atoms with Gasteiger partial charge in [-0.1, -0.05) is 18.2 Å². The van der Waals surface area contributed by atoms with Gasteiger partial charge in [0, 0.05) is 37.4 Å². The molecule has 2 N–H and O–H groups in total. The van der Waals surface area contributed by atoms with Crippen molar-refractivity contribution in [1.82, 2.24) is 20.0 Å². The summed E-state index contributed by atoms with van der Waals surface area (Å²) in [4.78, 5) is 28.9. The molecule has 5 rings (SSSR count). The monoisotopic (exact) mass is 555 g/mol. The molecule has 10 heteroatoms. The van der Waals surface area contributed by atoms with Crippen LogP contribution in [0.2, 0.25) is 0 Å². The molecule has 0 unspecified atom stereocenters. The minimum atomic E-state index is -0.416. The van der Waals surface area contributed by atoms with Gasteiger partial charge in [0.05, 0.1) is 32.2 Å². The van der Waals surface area contributed by atoms with E-state index in [2.05, 4.69) is 20.6 Å². The van der Waals surface area contributed by atoms with Gasteiger partial charge in [0.2, 0.25) is 0 Å². The summed E-state index contributed by atoms with van der Waals surface area (Å²) in [5.74, 6) is 1.30. The number of nitrogens with zero attached hydrogens (tertiary/aromatic N) is 3. The number of anilines is 2. The van der Waals surface area contributed by atoms with Crippen LogP contribution in [0.1, 0.15) is 15.9 Å². The Morgan fingerprint density at radius 3 is 2.54 bits per heavy atom. The van der Waals surface area contributed by atoms with Crippen LogP contribution in [0.5, 0.6) is 17.2 Å². The number of amides is 1. The first-order valence-electron chi connectivity index (χ1n) is 13.5. The Hall–Kier alpha value is -4.67. The lowest BCUT2D eigenvalue weighted by Crippen LogP contribution is -2.41. The number of morpholine rings is 1. The highest BCUT2D eigenvalue weighted by molar-refractivity contribution is 5.95. The lowest BCUT2D eigenvalue weighted by molar-refractivity contribution is 0.0383. The van der Waals surface area contributed by atoms with Crippen LogP contribution in [-0.2, 0) is 4.74 Å². The minimum absolute atomic E-state index is 0.183. The molecule has 0 spiro atoms. The number of nitrogens with one attached hydrogen (secondary N) is 2. The fourth-order valence-corrected chi connectivity index (χ4v) is 4.48. The summed E-state index contributed by atoms with van der Waals surface area (Å²) in [6, 6.07) is 21.5. The molecule has 0 bridgehead atoms. The molecule has 1 amide bonds. The number of ether oxygens (including phenoxy) is 3. The first kappa shape index (κ1) is 27.9. The molecule has 0 radical (unpaired) electrons. The Balaban J connectivity index is 1.40. The summed E-state index contributed by atoms with van der Waals surface area (Å²) in [5, 5.41) is 10.5. The average Bonchev–Trinajstić information content (AvgIpc) is 3.00. The zero-order valence-electron chi connectivity index (χ0n) is 23.1. The molecular formula is C31H33N5O5. The molecule has 1 aliphatic rings. The van der Waals surface area contributed by atoms with Gasteiger partial charge in [0.1, 0.15) is 11.5 Å². The normalized spacial score (nSPS) is 13.4. The molecule has 1 aliphatic heterocycles. The quantitative estimate of drug-likeness (QED) is 0.301. The first-order valence-corrected chi connectivity index (χ1v) is 13.5. The highest BCUT2D eigenvalue weighted by Gasteiger charge is 2.17. The number of aryl methyl sites for hydroxylation is 1. The van der Waals surface area contributed by atoms with E-state index in [4.69, 9.17) is 14.2 Å². The average molecular weight is 556 g/mol. The topological polar surface area (TPSA) is 107 Å². The number of hydrogen-bond donors (Lipinski definition) is 2. The Labute approximate surface area is 238 Å². The van der Waals surface area contributed by atoms with Gasteiger partial charge in [-0.25, -0.2) is 0 Å².